The Hall–Kier alpha value is 0.200. The van der Waals surface area contributed by atoms with Crippen LogP contribution < -0.4 is 0 Å². The highest BCUT2D eigenvalue weighted by Gasteiger charge is 2.31. The van der Waals surface area contributed by atoms with Crippen LogP contribution in [0.4, 0.5) is 0 Å². The first-order chi connectivity index (χ1) is 5.11. The number of hydrogen-bond donors (Lipinski definition) is 1. The number of aliphatic carboxylic acids is 1. The molecule has 0 spiro atoms. The number of carbonyl (C=O) groups is 1. The van der Waals surface area contributed by atoms with E-state index < -0.39 is 5.97 Å². The van der Waals surface area contributed by atoms with Gasteiger partial charge < -0.3 is 5.11 Å². The highest BCUT2D eigenvalue weighted by molar-refractivity contribution is 14.1. The van der Waals surface area contributed by atoms with E-state index in [2.05, 4.69) is 22.6 Å². The zero-order valence-electron chi connectivity index (χ0n) is 6.59. The molecule has 1 rings (SSSR count). The maximum absolute atomic E-state index is 10.7. The van der Waals surface area contributed by atoms with Crippen molar-refractivity contribution in [1.82, 2.24) is 0 Å². The summed E-state index contributed by atoms with van der Waals surface area (Å²) in [4.78, 5) is 10.7. The fraction of sp³-hybridized carbons (Fsp3) is 0.875. The van der Waals surface area contributed by atoms with Gasteiger partial charge in [0.15, 0.2) is 0 Å². The summed E-state index contributed by atoms with van der Waals surface area (Å²) in [5.74, 6) is -0.331. The minimum absolute atomic E-state index is 0.0920. The van der Waals surface area contributed by atoms with Crippen molar-refractivity contribution in [2.45, 2.75) is 30.1 Å². The third kappa shape index (κ3) is 2.32. The Balaban J connectivity index is 2.54. The van der Waals surface area contributed by atoms with Gasteiger partial charge in [0.05, 0.1) is 5.92 Å². The van der Waals surface area contributed by atoms with Gasteiger partial charge in [-0.05, 0) is 25.2 Å². The summed E-state index contributed by atoms with van der Waals surface area (Å²) in [6.07, 6.45) is 3.12. The monoisotopic (exact) mass is 268 g/mol. The SMILES string of the molecule is C[C@@H]1CC[C@H](I)C[C@H]1C(=O)O. The van der Waals surface area contributed by atoms with Gasteiger partial charge in [0.25, 0.3) is 0 Å². The molecule has 1 aliphatic rings. The Kier molecular flexibility index (Phi) is 3.16. The van der Waals surface area contributed by atoms with Crippen LogP contribution in [0.2, 0.25) is 0 Å². The second kappa shape index (κ2) is 3.74. The summed E-state index contributed by atoms with van der Waals surface area (Å²) in [5, 5.41) is 8.82. The smallest absolute Gasteiger partial charge is 0.306 e. The fourth-order valence-electron chi connectivity index (χ4n) is 1.61. The molecular formula is C8H13IO2. The predicted octanol–water partition coefficient (Wildman–Crippen LogP) is 2.31. The summed E-state index contributed by atoms with van der Waals surface area (Å²) in [6.45, 7) is 2.04. The molecule has 0 amide bonds. The first-order valence-corrected chi connectivity index (χ1v) is 5.22. The fourth-order valence-corrected chi connectivity index (χ4v) is 2.52. The van der Waals surface area contributed by atoms with Gasteiger partial charge in [0, 0.05) is 3.92 Å². The number of carboxylic acid groups (broad SMARTS) is 1. The maximum atomic E-state index is 10.7. The summed E-state index contributed by atoms with van der Waals surface area (Å²) in [7, 11) is 0. The van der Waals surface area contributed by atoms with Crippen LogP contribution in [0.1, 0.15) is 26.2 Å². The molecule has 1 saturated carbocycles. The van der Waals surface area contributed by atoms with Crippen LogP contribution in [0.5, 0.6) is 0 Å². The van der Waals surface area contributed by atoms with Crippen LogP contribution in [0.15, 0.2) is 0 Å². The van der Waals surface area contributed by atoms with Gasteiger partial charge in [0.1, 0.15) is 0 Å². The largest absolute Gasteiger partial charge is 0.481 e. The van der Waals surface area contributed by atoms with E-state index in [9.17, 15) is 4.79 Å². The lowest BCUT2D eigenvalue weighted by molar-refractivity contribution is -0.144. The zero-order valence-corrected chi connectivity index (χ0v) is 8.74. The molecule has 0 saturated heterocycles. The van der Waals surface area contributed by atoms with Crippen LogP contribution in [-0.2, 0) is 4.79 Å². The van der Waals surface area contributed by atoms with Gasteiger partial charge in [-0.25, -0.2) is 0 Å². The molecule has 0 radical (unpaired) electrons. The van der Waals surface area contributed by atoms with Crippen molar-refractivity contribution in [3.8, 4) is 0 Å². The third-order valence-electron chi connectivity index (χ3n) is 2.45. The predicted molar refractivity (Wildman–Crippen MR) is 51.9 cm³/mol. The lowest BCUT2D eigenvalue weighted by Crippen LogP contribution is -2.29. The van der Waals surface area contributed by atoms with Crippen LogP contribution in [0.25, 0.3) is 0 Å². The Bertz CT molecular complexity index is 158. The second-order valence-corrected chi connectivity index (χ2v) is 5.09. The van der Waals surface area contributed by atoms with Crippen molar-refractivity contribution in [2.24, 2.45) is 11.8 Å². The van der Waals surface area contributed by atoms with Crippen molar-refractivity contribution in [1.29, 1.82) is 0 Å². The third-order valence-corrected chi connectivity index (χ3v) is 3.58. The van der Waals surface area contributed by atoms with Gasteiger partial charge in [-0.2, -0.15) is 0 Å². The first kappa shape index (κ1) is 9.29. The minimum Gasteiger partial charge on any atom is -0.481 e. The Morgan fingerprint density at radius 1 is 1.55 bits per heavy atom. The molecule has 1 aliphatic carbocycles. The average Bonchev–Trinajstić information content (AvgIpc) is 1.94. The highest BCUT2D eigenvalue weighted by Crippen LogP contribution is 2.33. The van der Waals surface area contributed by atoms with E-state index in [0.29, 0.717) is 9.84 Å². The molecule has 64 valence electrons. The number of halogens is 1. The second-order valence-electron chi connectivity index (χ2n) is 3.33. The van der Waals surface area contributed by atoms with Crippen molar-refractivity contribution < 1.29 is 9.90 Å². The molecule has 2 nitrogen and oxygen atoms in total. The van der Waals surface area contributed by atoms with Crippen molar-refractivity contribution >= 4 is 28.6 Å². The lowest BCUT2D eigenvalue weighted by atomic mass is 9.80. The normalized spacial score (nSPS) is 38.5. The summed E-state index contributed by atoms with van der Waals surface area (Å²) >= 11 is 2.35. The zero-order chi connectivity index (χ0) is 8.43. The molecular weight excluding hydrogens is 255 g/mol. The Morgan fingerprint density at radius 2 is 2.18 bits per heavy atom. The Morgan fingerprint density at radius 3 is 2.64 bits per heavy atom. The molecule has 0 aromatic rings. The van der Waals surface area contributed by atoms with Gasteiger partial charge in [-0.1, -0.05) is 29.5 Å². The standard InChI is InChI=1S/C8H13IO2/c1-5-2-3-6(9)4-7(5)8(10)11/h5-7H,2-4H2,1H3,(H,10,11)/t5-,6+,7-/m1/s1. The molecule has 1 N–H and O–H groups in total. The van der Waals surface area contributed by atoms with Crippen LogP contribution in [-0.4, -0.2) is 15.0 Å². The lowest BCUT2D eigenvalue weighted by Gasteiger charge is -2.28. The molecule has 0 aromatic heterocycles. The molecule has 0 bridgehead atoms. The molecule has 1 fully saturated rings. The number of carboxylic acids is 1. The van der Waals surface area contributed by atoms with Crippen molar-refractivity contribution in [2.75, 3.05) is 0 Å². The van der Waals surface area contributed by atoms with Gasteiger partial charge in [-0.15, -0.1) is 0 Å². The van der Waals surface area contributed by atoms with E-state index in [4.69, 9.17) is 5.11 Å². The Labute approximate surface area is 80.5 Å². The van der Waals surface area contributed by atoms with Gasteiger partial charge in [-0.3, -0.25) is 4.79 Å². The highest BCUT2D eigenvalue weighted by atomic mass is 127. The first-order valence-electron chi connectivity index (χ1n) is 3.98. The summed E-state index contributed by atoms with van der Waals surface area (Å²) in [5.41, 5.74) is 0. The van der Waals surface area contributed by atoms with E-state index >= 15 is 0 Å². The van der Waals surface area contributed by atoms with E-state index in [1.165, 1.54) is 6.42 Å². The minimum atomic E-state index is -0.612. The quantitative estimate of drug-likeness (QED) is 0.585. The molecule has 0 heterocycles. The molecule has 3 atom stereocenters. The molecule has 0 aromatic carbocycles. The molecule has 3 heteroatoms. The van der Waals surface area contributed by atoms with E-state index in [1.54, 1.807) is 0 Å². The number of rotatable bonds is 1. The van der Waals surface area contributed by atoms with Gasteiger partial charge in [0.2, 0.25) is 0 Å². The van der Waals surface area contributed by atoms with Crippen molar-refractivity contribution in [3.05, 3.63) is 0 Å². The number of alkyl halides is 1. The average molecular weight is 268 g/mol. The summed E-state index contributed by atoms with van der Waals surface area (Å²) < 4.78 is 0.574. The topological polar surface area (TPSA) is 37.3 Å². The maximum Gasteiger partial charge on any atom is 0.306 e. The van der Waals surface area contributed by atoms with E-state index in [0.717, 1.165) is 12.8 Å². The molecule has 11 heavy (non-hydrogen) atoms. The molecule has 0 aliphatic heterocycles. The van der Waals surface area contributed by atoms with E-state index in [1.807, 2.05) is 6.92 Å². The van der Waals surface area contributed by atoms with Crippen LogP contribution >= 0.6 is 22.6 Å². The van der Waals surface area contributed by atoms with Crippen LogP contribution in [0.3, 0.4) is 0 Å². The number of hydrogen-bond acceptors (Lipinski definition) is 1. The van der Waals surface area contributed by atoms with Crippen molar-refractivity contribution in [3.63, 3.8) is 0 Å². The summed E-state index contributed by atoms with van der Waals surface area (Å²) in [6, 6.07) is 0. The van der Waals surface area contributed by atoms with Gasteiger partial charge >= 0.3 is 5.97 Å². The van der Waals surface area contributed by atoms with Crippen LogP contribution in [0, 0.1) is 11.8 Å². The van der Waals surface area contributed by atoms with E-state index in [-0.39, 0.29) is 5.92 Å². The molecule has 0 unspecified atom stereocenters.